The van der Waals surface area contributed by atoms with Crippen LogP contribution in [-0.2, 0) is 11.3 Å². The first-order chi connectivity index (χ1) is 12.7. The number of thiazole rings is 1. The molecule has 134 valence electrons. The Morgan fingerprint density at radius 2 is 2.08 bits per heavy atom. The van der Waals surface area contributed by atoms with Crippen LogP contribution in [0.5, 0.6) is 5.75 Å². The minimum atomic E-state index is 0.0536. The third kappa shape index (κ3) is 4.29. The fourth-order valence-electron chi connectivity index (χ4n) is 2.65. The Labute approximate surface area is 157 Å². The Morgan fingerprint density at radius 1 is 1.27 bits per heavy atom. The number of hydrogen-bond acceptors (Lipinski definition) is 4. The highest BCUT2D eigenvalue weighted by Crippen LogP contribution is 2.32. The SMILES string of the molecule is C=CCCC(=O)N(Cc1ccccc1)c1nc2ccc(OCC)cc2s1. The first-order valence-corrected chi connectivity index (χ1v) is 9.51. The molecule has 0 atom stereocenters. The van der Waals surface area contributed by atoms with Crippen LogP contribution in [0.4, 0.5) is 5.13 Å². The summed E-state index contributed by atoms with van der Waals surface area (Å²) in [4.78, 5) is 19.2. The molecule has 2 aromatic carbocycles. The van der Waals surface area contributed by atoms with Crippen LogP contribution in [0, 0.1) is 0 Å². The van der Waals surface area contributed by atoms with Crippen molar-refractivity contribution in [3.63, 3.8) is 0 Å². The Morgan fingerprint density at radius 3 is 2.81 bits per heavy atom. The molecule has 0 aliphatic carbocycles. The summed E-state index contributed by atoms with van der Waals surface area (Å²) in [5.74, 6) is 0.876. The summed E-state index contributed by atoms with van der Waals surface area (Å²) in [5, 5.41) is 0.714. The first kappa shape index (κ1) is 18.1. The van der Waals surface area contributed by atoms with Gasteiger partial charge in [0.05, 0.1) is 23.4 Å². The number of ether oxygens (including phenoxy) is 1. The van der Waals surface area contributed by atoms with E-state index in [1.807, 2.05) is 55.5 Å². The number of nitrogens with zero attached hydrogens (tertiary/aromatic N) is 2. The highest BCUT2D eigenvalue weighted by molar-refractivity contribution is 7.22. The maximum atomic E-state index is 12.8. The van der Waals surface area contributed by atoms with E-state index in [9.17, 15) is 4.79 Å². The van der Waals surface area contributed by atoms with E-state index in [0.717, 1.165) is 21.5 Å². The minimum Gasteiger partial charge on any atom is -0.494 e. The Balaban J connectivity index is 1.93. The fourth-order valence-corrected chi connectivity index (χ4v) is 3.66. The second kappa shape index (κ2) is 8.63. The second-order valence-corrected chi connectivity index (χ2v) is 6.86. The quantitative estimate of drug-likeness (QED) is 0.515. The summed E-state index contributed by atoms with van der Waals surface area (Å²) in [6, 6.07) is 15.8. The average molecular weight is 366 g/mol. The van der Waals surface area contributed by atoms with Gasteiger partial charge in [0.2, 0.25) is 5.91 Å². The van der Waals surface area contributed by atoms with E-state index in [1.54, 1.807) is 11.0 Å². The number of benzene rings is 2. The van der Waals surface area contributed by atoms with E-state index in [1.165, 1.54) is 11.3 Å². The van der Waals surface area contributed by atoms with Crippen molar-refractivity contribution >= 4 is 32.6 Å². The molecule has 0 unspecified atom stereocenters. The molecule has 0 bridgehead atoms. The van der Waals surface area contributed by atoms with E-state index in [2.05, 4.69) is 11.6 Å². The first-order valence-electron chi connectivity index (χ1n) is 8.70. The molecule has 0 fully saturated rings. The summed E-state index contributed by atoms with van der Waals surface area (Å²) >= 11 is 1.51. The molecule has 1 aromatic heterocycles. The Bertz CT molecular complexity index is 889. The predicted molar refractivity (Wildman–Crippen MR) is 108 cm³/mol. The van der Waals surface area contributed by atoms with Gasteiger partial charge in [-0.05, 0) is 37.1 Å². The van der Waals surface area contributed by atoms with Crippen LogP contribution in [-0.4, -0.2) is 17.5 Å². The summed E-state index contributed by atoms with van der Waals surface area (Å²) in [6.45, 7) is 6.80. The van der Waals surface area contributed by atoms with Crippen LogP contribution >= 0.6 is 11.3 Å². The Kier molecular flexibility index (Phi) is 6.02. The monoisotopic (exact) mass is 366 g/mol. The smallest absolute Gasteiger partial charge is 0.229 e. The van der Waals surface area contributed by atoms with E-state index in [0.29, 0.717) is 31.1 Å². The molecule has 0 aliphatic heterocycles. The highest BCUT2D eigenvalue weighted by atomic mass is 32.1. The lowest BCUT2D eigenvalue weighted by Gasteiger charge is -2.19. The number of carbonyl (C=O) groups is 1. The van der Waals surface area contributed by atoms with Gasteiger partial charge in [0.15, 0.2) is 5.13 Å². The zero-order valence-corrected chi connectivity index (χ0v) is 15.7. The number of aromatic nitrogens is 1. The van der Waals surface area contributed by atoms with Crippen LogP contribution in [0.3, 0.4) is 0 Å². The van der Waals surface area contributed by atoms with Gasteiger partial charge in [0, 0.05) is 6.42 Å². The molecule has 0 N–H and O–H groups in total. The van der Waals surface area contributed by atoms with Crippen LogP contribution in [0.15, 0.2) is 61.2 Å². The summed E-state index contributed by atoms with van der Waals surface area (Å²) < 4.78 is 6.58. The van der Waals surface area contributed by atoms with Crippen molar-refractivity contribution in [1.82, 2.24) is 4.98 Å². The fraction of sp³-hybridized carbons (Fsp3) is 0.238. The topological polar surface area (TPSA) is 42.4 Å². The lowest BCUT2D eigenvalue weighted by atomic mass is 10.2. The molecule has 0 saturated carbocycles. The zero-order chi connectivity index (χ0) is 18.4. The van der Waals surface area contributed by atoms with E-state index in [-0.39, 0.29) is 5.91 Å². The molecular formula is C21H22N2O2S. The van der Waals surface area contributed by atoms with Crippen molar-refractivity contribution in [1.29, 1.82) is 0 Å². The zero-order valence-electron chi connectivity index (χ0n) is 14.9. The molecule has 3 aromatic rings. The van der Waals surface area contributed by atoms with Gasteiger partial charge < -0.3 is 4.74 Å². The van der Waals surface area contributed by atoms with Crippen molar-refractivity contribution < 1.29 is 9.53 Å². The van der Waals surface area contributed by atoms with Gasteiger partial charge in [-0.1, -0.05) is 47.7 Å². The van der Waals surface area contributed by atoms with Crippen LogP contribution < -0.4 is 9.64 Å². The standard InChI is InChI=1S/C21H22N2O2S/c1-3-5-11-20(24)23(15-16-9-7-6-8-10-16)21-22-18-13-12-17(25-4-2)14-19(18)26-21/h3,6-10,12-14H,1,4-5,11,15H2,2H3. The predicted octanol–water partition coefficient (Wildman–Crippen LogP) is 5.19. The van der Waals surface area contributed by atoms with E-state index >= 15 is 0 Å². The third-order valence-electron chi connectivity index (χ3n) is 3.94. The molecule has 1 amide bonds. The molecule has 0 radical (unpaired) electrons. The number of allylic oxidation sites excluding steroid dienone is 1. The molecule has 0 spiro atoms. The lowest BCUT2D eigenvalue weighted by Crippen LogP contribution is -2.29. The van der Waals surface area contributed by atoms with Gasteiger partial charge >= 0.3 is 0 Å². The molecule has 1 heterocycles. The largest absolute Gasteiger partial charge is 0.494 e. The van der Waals surface area contributed by atoms with Crippen LogP contribution in [0.1, 0.15) is 25.3 Å². The van der Waals surface area contributed by atoms with Crippen LogP contribution in [0.2, 0.25) is 0 Å². The van der Waals surface area contributed by atoms with Crippen molar-refractivity contribution in [3.05, 3.63) is 66.7 Å². The van der Waals surface area contributed by atoms with E-state index in [4.69, 9.17) is 4.74 Å². The normalized spacial score (nSPS) is 10.7. The van der Waals surface area contributed by atoms with Crippen LogP contribution in [0.25, 0.3) is 10.2 Å². The number of fused-ring (bicyclic) bond motifs is 1. The summed E-state index contributed by atoms with van der Waals surface area (Å²) in [5.41, 5.74) is 1.96. The van der Waals surface area contributed by atoms with Gasteiger partial charge in [0.1, 0.15) is 5.75 Å². The maximum absolute atomic E-state index is 12.8. The number of carbonyl (C=O) groups excluding carboxylic acids is 1. The Hall–Kier alpha value is -2.66. The maximum Gasteiger partial charge on any atom is 0.229 e. The van der Waals surface area contributed by atoms with Gasteiger partial charge in [-0.3, -0.25) is 9.69 Å². The van der Waals surface area contributed by atoms with Crippen molar-refractivity contribution in [2.45, 2.75) is 26.3 Å². The van der Waals surface area contributed by atoms with E-state index < -0.39 is 0 Å². The molecule has 26 heavy (non-hydrogen) atoms. The number of anilines is 1. The molecule has 0 saturated heterocycles. The molecule has 3 rings (SSSR count). The van der Waals surface area contributed by atoms with Gasteiger partial charge in [-0.15, -0.1) is 6.58 Å². The number of amides is 1. The molecular weight excluding hydrogens is 344 g/mol. The van der Waals surface area contributed by atoms with Crippen molar-refractivity contribution in [2.75, 3.05) is 11.5 Å². The van der Waals surface area contributed by atoms with Gasteiger partial charge in [0.25, 0.3) is 0 Å². The minimum absolute atomic E-state index is 0.0536. The van der Waals surface area contributed by atoms with Crippen molar-refractivity contribution in [2.24, 2.45) is 0 Å². The van der Waals surface area contributed by atoms with Gasteiger partial charge in [-0.25, -0.2) is 4.98 Å². The highest BCUT2D eigenvalue weighted by Gasteiger charge is 2.19. The van der Waals surface area contributed by atoms with Gasteiger partial charge in [-0.2, -0.15) is 0 Å². The van der Waals surface area contributed by atoms with Crippen molar-refractivity contribution in [3.8, 4) is 5.75 Å². The average Bonchev–Trinajstić information content (AvgIpc) is 3.08. The second-order valence-electron chi connectivity index (χ2n) is 5.85. The lowest BCUT2D eigenvalue weighted by molar-refractivity contribution is -0.118. The number of hydrogen-bond donors (Lipinski definition) is 0. The molecule has 0 aliphatic rings. The number of rotatable bonds is 8. The third-order valence-corrected chi connectivity index (χ3v) is 4.98. The molecule has 4 nitrogen and oxygen atoms in total. The summed E-state index contributed by atoms with van der Waals surface area (Å²) in [6.07, 6.45) is 2.85. The summed E-state index contributed by atoms with van der Waals surface area (Å²) in [7, 11) is 0. The molecule has 5 heteroatoms.